The van der Waals surface area contributed by atoms with E-state index >= 15 is 0 Å². The van der Waals surface area contributed by atoms with E-state index in [-0.39, 0.29) is 11.1 Å². The van der Waals surface area contributed by atoms with E-state index in [2.05, 4.69) is 13.0 Å². The summed E-state index contributed by atoms with van der Waals surface area (Å²) in [5, 5.41) is 0. The summed E-state index contributed by atoms with van der Waals surface area (Å²) in [6.45, 7) is 10.3. The Morgan fingerprint density at radius 1 is 1.08 bits per heavy atom. The summed E-state index contributed by atoms with van der Waals surface area (Å²) in [5.41, 5.74) is 12.9. The van der Waals surface area contributed by atoms with E-state index in [4.69, 9.17) is 11.5 Å². The number of hydrogen-bond acceptors (Lipinski definition) is 2. The van der Waals surface area contributed by atoms with Crippen LogP contribution in [0.2, 0.25) is 0 Å². The van der Waals surface area contributed by atoms with E-state index < -0.39 is 0 Å². The first-order valence-electron chi connectivity index (χ1n) is 4.83. The second kappa shape index (κ2) is 4.25. The van der Waals surface area contributed by atoms with Crippen LogP contribution in [-0.4, -0.2) is 11.1 Å². The standard InChI is InChI=1S/C11H24N2/c1-9(8-11(4,5)13)6-7-10(2,3)12/h6H,7-8,12-13H2,1-5H3/b9-6+. The molecule has 0 saturated carbocycles. The van der Waals surface area contributed by atoms with Crippen molar-refractivity contribution in [3.63, 3.8) is 0 Å². The van der Waals surface area contributed by atoms with Crippen molar-refractivity contribution in [2.45, 2.75) is 58.5 Å². The molecule has 0 amide bonds. The molecule has 2 heteroatoms. The Kier molecular flexibility index (Phi) is 4.14. The fraction of sp³-hybridized carbons (Fsp3) is 0.818. The normalized spacial score (nSPS) is 14.8. The zero-order valence-corrected chi connectivity index (χ0v) is 9.65. The Labute approximate surface area is 82.4 Å². The van der Waals surface area contributed by atoms with Gasteiger partial charge in [-0.3, -0.25) is 0 Å². The summed E-state index contributed by atoms with van der Waals surface area (Å²) in [7, 11) is 0. The van der Waals surface area contributed by atoms with Crippen LogP contribution >= 0.6 is 0 Å². The third-order valence-electron chi connectivity index (χ3n) is 1.71. The van der Waals surface area contributed by atoms with E-state index in [0.717, 1.165) is 12.8 Å². The minimum absolute atomic E-state index is 0.111. The SMILES string of the molecule is C/C(=C\CC(C)(C)N)CC(C)(C)N. The molecule has 0 spiro atoms. The fourth-order valence-corrected chi connectivity index (χ4v) is 1.23. The van der Waals surface area contributed by atoms with Crippen LogP contribution in [0.1, 0.15) is 47.5 Å². The van der Waals surface area contributed by atoms with Crippen molar-refractivity contribution in [2.75, 3.05) is 0 Å². The highest BCUT2D eigenvalue weighted by molar-refractivity contribution is 5.05. The van der Waals surface area contributed by atoms with E-state index in [1.165, 1.54) is 5.57 Å². The number of nitrogens with two attached hydrogens (primary N) is 2. The van der Waals surface area contributed by atoms with Gasteiger partial charge in [-0.2, -0.15) is 0 Å². The summed E-state index contributed by atoms with van der Waals surface area (Å²) in [6, 6.07) is 0. The van der Waals surface area contributed by atoms with Crippen molar-refractivity contribution in [1.82, 2.24) is 0 Å². The predicted molar refractivity (Wildman–Crippen MR) is 59.5 cm³/mol. The van der Waals surface area contributed by atoms with Crippen molar-refractivity contribution in [1.29, 1.82) is 0 Å². The van der Waals surface area contributed by atoms with Crippen LogP contribution < -0.4 is 11.5 Å². The highest BCUT2D eigenvalue weighted by Gasteiger charge is 2.12. The molecule has 2 nitrogen and oxygen atoms in total. The predicted octanol–water partition coefficient (Wildman–Crippen LogP) is 2.19. The molecule has 0 atom stereocenters. The molecular weight excluding hydrogens is 160 g/mol. The molecule has 0 aliphatic heterocycles. The Hall–Kier alpha value is -0.340. The first kappa shape index (κ1) is 12.7. The molecule has 4 N–H and O–H groups in total. The van der Waals surface area contributed by atoms with Gasteiger partial charge in [0.15, 0.2) is 0 Å². The third kappa shape index (κ3) is 9.57. The second-order valence-corrected chi connectivity index (χ2v) is 5.41. The first-order chi connectivity index (χ1) is 5.60. The van der Waals surface area contributed by atoms with Gasteiger partial charge in [0.05, 0.1) is 0 Å². The summed E-state index contributed by atoms with van der Waals surface area (Å²) in [4.78, 5) is 0. The summed E-state index contributed by atoms with van der Waals surface area (Å²) in [6.07, 6.45) is 4.03. The van der Waals surface area contributed by atoms with Gasteiger partial charge in [-0.25, -0.2) is 0 Å². The van der Waals surface area contributed by atoms with Crippen molar-refractivity contribution in [3.8, 4) is 0 Å². The van der Waals surface area contributed by atoms with E-state index in [1.54, 1.807) is 0 Å². The third-order valence-corrected chi connectivity index (χ3v) is 1.71. The lowest BCUT2D eigenvalue weighted by atomic mass is 9.94. The second-order valence-electron chi connectivity index (χ2n) is 5.41. The lowest BCUT2D eigenvalue weighted by molar-refractivity contribution is 0.502. The topological polar surface area (TPSA) is 52.0 Å². The van der Waals surface area contributed by atoms with Crippen molar-refractivity contribution >= 4 is 0 Å². The average molecular weight is 184 g/mol. The molecule has 0 radical (unpaired) electrons. The summed E-state index contributed by atoms with van der Waals surface area (Å²) in [5.74, 6) is 0. The Morgan fingerprint density at radius 3 is 1.85 bits per heavy atom. The molecule has 0 aromatic heterocycles. The summed E-state index contributed by atoms with van der Waals surface area (Å²) >= 11 is 0. The van der Waals surface area contributed by atoms with Gasteiger partial charge in [-0.05, 0) is 47.5 Å². The maximum atomic E-state index is 5.90. The maximum Gasteiger partial charge on any atom is 0.0134 e. The highest BCUT2D eigenvalue weighted by atomic mass is 14.7. The van der Waals surface area contributed by atoms with Crippen LogP contribution in [0.3, 0.4) is 0 Å². The average Bonchev–Trinajstić information content (AvgIpc) is 1.78. The zero-order valence-electron chi connectivity index (χ0n) is 9.65. The quantitative estimate of drug-likeness (QED) is 0.658. The first-order valence-corrected chi connectivity index (χ1v) is 4.83. The molecule has 0 aromatic carbocycles. The Balaban J connectivity index is 4.05. The molecule has 0 rings (SSSR count). The molecular formula is C11H24N2. The summed E-state index contributed by atoms with van der Waals surface area (Å²) < 4.78 is 0. The van der Waals surface area contributed by atoms with Gasteiger partial charge >= 0.3 is 0 Å². The monoisotopic (exact) mass is 184 g/mol. The number of rotatable bonds is 4. The van der Waals surface area contributed by atoms with Crippen LogP contribution in [0, 0.1) is 0 Å². The van der Waals surface area contributed by atoms with Gasteiger partial charge in [0, 0.05) is 11.1 Å². The fourth-order valence-electron chi connectivity index (χ4n) is 1.23. The van der Waals surface area contributed by atoms with Gasteiger partial charge in [0.1, 0.15) is 0 Å². The Bertz CT molecular complexity index is 179. The van der Waals surface area contributed by atoms with E-state index in [1.807, 2.05) is 27.7 Å². The minimum atomic E-state index is -0.112. The van der Waals surface area contributed by atoms with E-state index in [9.17, 15) is 0 Å². The van der Waals surface area contributed by atoms with Crippen molar-refractivity contribution < 1.29 is 0 Å². The highest BCUT2D eigenvalue weighted by Crippen LogP contribution is 2.15. The Morgan fingerprint density at radius 2 is 1.54 bits per heavy atom. The van der Waals surface area contributed by atoms with Gasteiger partial charge in [-0.1, -0.05) is 11.6 Å². The molecule has 13 heavy (non-hydrogen) atoms. The van der Waals surface area contributed by atoms with Crippen molar-refractivity contribution in [2.24, 2.45) is 11.5 Å². The smallest absolute Gasteiger partial charge is 0.0134 e. The molecule has 0 heterocycles. The largest absolute Gasteiger partial charge is 0.325 e. The lowest BCUT2D eigenvalue weighted by Crippen LogP contribution is -2.33. The molecule has 0 aliphatic carbocycles. The van der Waals surface area contributed by atoms with Gasteiger partial charge in [0.2, 0.25) is 0 Å². The van der Waals surface area contributed by atoms with Crippen LogP contribution in [0.25, 0.3) is 0 Å². The molecule has 0 saturated heterocycles. The van der Waals surface area contributed by atoms with Crippen LogP contribution in [0.5, 0.6) is 0 Å². The van der Waals surface area contributed by atoms with E-state index in [0.29, 0.717) is 0 Å². The molecule has 0 aliphatic rings. The zero-order chi connectivity index (χ0) is 10.7. The molecule has 0 aromatic rings. The molecule has 0 fully saturated rings. The van der Waals surface area contributed by atoms with Gasteiger partial charge in [0.25, 0.3) is 0 Å². The molecule has 0 bridgehead atoms. The van der Waals surface area contributed by atoms with Crippen molar-refractivity contribution in [3.05, 3.63) is 11.6 Å². The van der Waals surface area contributed by atoms with Gasteiger partial charge in [-0.15, -0.1) is 0 Å². The maximum absolute atomic E-state index is 5.90. The molecule has 78 valence electrons. The molecule has 0 unspecified atom stereocenters. The van der Waals surface area contributed by atoms with Crippen LogP contribution in [0.15, 0.2) is 11.6 Å². The van der Waals surface area contributed by atoms with Crippen LogP contribution in [-0.2, 0) is 0 Å². The lowest BCUT2D eigenvalue weighted by Gasteiger charge is -2.20. The minimum Gasteiger partial charge on any atom is -0.325 e. The number of hydrogen-bond donors (Lipinski definition) is 2. The van der Waals surface area contributed by atoms with Crippen LogP contribution in [0.4, 0.5) is 0 Å². The van der Waals surface area contributed by atoms with Gasteiger partial charge < -0.3 is 11.5 Å².